The first-order valence-electron chi connectivity index (χ1n) is 6.49. The molecule has 0 radical (unpaired) electrons. The molecule has 1 nitrogen and oxygen atoms in total. The third kappa shape index (κ3) is 2.90. The van der Waals surface area contributed by atoms with Gasteiger partial charge in [0.2, 0.25) is 0 Å². The Morgan fingerprint density at radius 3 is 2.47 bits per heavy atom. The third-order valence-corrected chi connectivity index (χ3v) is 3.71. The first-order chi connectivity index (χ1) is 9.24. The lowest BCUT2D eigenvalue weighted by Gasteiger charge is -2.25. The van der Waals surface area contributed by atoms with Gasteiger partial charge in [-0.15, -0.1) is 0 Å². The number of benzene rings is 2. The summed E-state index contributed by atoms with van der Waals surface area (Å²) in [6.45, 7) is 0.841. The Hall–Kier alpha value is -1.54. The lowest BCUT2D eigenvalue weighted by atomic mass is 10.2. The van der Waals surface area contributed by atoms with Crippen LogP contribution in [-0.4, -0.2) is 6.04 Å². The molecule has 1 saturated carbocycles. The average molecular weight is 276 g/mol. The summed E-state index contributed by atoms with van der Waals surface area (Å²) in [6.07, 6.45) is 2.39. The van der Waals surface area contributed by atoms with Crippen molar-refractivity contribution in [2.24, 2.45) is 0 Å². The highest BCUT2D eigenvalue weighted by Gasteiger charge is 2.29. The zero-order chi connectivity index (χ0) is 13.2. The third-order valence-electron chi connectivity index (χ3n) is 3.42. The van der Waals surface area contributed by atoms with E-state index in [0.717, 1.165) is 12.2 Å². The van der Waals surface area contributed by atoms with Crippen molar-refractivity contribution in [2.45, 2.75) is 25.4 Å². The van der Waals surface area contributed by atoms with Crippen molar-refractivity contribution >= 4 is 17.3 Å². The Labute approximate surface area is 117 Å². The molecule has 0 spiro atoms. The molecule has 0 unspecified atom stereocenters. The number of halogens is 2. The molecule has 0 amide bonds. The van der Waals surface area contributed by atoms with Gasteiger partial charge in [-0.25, -0.2) is 4.39 Å². The van der Waals surface area contributed by atoms with Crippen molar-refractivity contribution in [3.63, 3.8) is 0 Å². The number of anilines is 1. The summed E-state index contributed by atoms with van der Waals surface area (Å²) < 4.78 is 13.3. The van der Waals surface area contributed by atoms with Gasteiger partial charge in [0.15, 0.2) is 0 Å². The van der Waals surface area contributed by atoms with Crippen LogP contribution in [0.5, 0.6) is 0 Å². The van der Waals surface area contributed by atoms with Crippen LogP contribution in [0.4, 0.5) is 10.1 Å². The van der Waals surface area contributed by atoms with Crippen LogP contribution in [0.1, 0.15) is 18.4 Å². The SMILES string of the molecule is Fc1ccc(N(Cc2ccccc2)C2CC2)cc1Cl. The molecule has 0 aromatic heterocycles. The molecule has 0 atom stereocenters. The fourth-order valence-corrected chi connectivity index (χ4v) is 2.44. The fraction of sp³-hybridized carbons (Fsp3) is 0.250. The van der Waals surface area contributed by atoms with Gasteiger partial charge in [-0.05, 0) is 36.6 Å². The number of hydrogen-bond acceptors (Lipinski definition) is 1. The van der Waals surface area contributed by atoms with Crippen molar-refractivity contribution in [3.05, 3.63) is 64.9 Å². The summed E-state index contributed by atoms with van der Waals surface area (Å²) >= 11 is 5.88. The van der Waals surface area contributed by atoms with Crippen LogP contribution in [-0.2, 0) is 6.54 Å². The molecule has 0 bridgehead atoms. The summed E-state index contributed by atoms with van der Waals surface area (Å²) in [6, 6.07) is 15.8. The maximum absolute atomic E-state index is 13.3. The Kier molecular flexibility index (Phi) is 3.43. The van der Waals surface area contributed by atoms with Crippen molar-refractivity contribution in [3.8, 4) is 0 Å². The molecule has 0 aliphatic heterocycles. The van der Waals surface area contributed by atoms with E-state index in [2.05, 4.69) is 17.0 Å². The first-order valence-corrected chi connectivity index (χ1v) is 6.87. The lowest BCUT2D eigenvalue weighted by molar-refractivity contribution is 0.627. The van der Waals surface area contributed by atoms with Crippen LogP contribution in [0.3, 0.4) is 0 Å². The Bertz CT molecular complexity index is 566. The molecular weight excluding hydrogens is 261 g/mol. The maximum atomic E-state index is 13.3. The van der Waals surface area contributed by atoms with Gasteiger partial charge in [-0.2, -0.15) is 0 Å². The molecule has 2 aromatic carbocycles. The van der Waals surface area contributed by atoms with Crippen LogP contribution < -0.4 is 4.90 Å². The second-order valence-electron chi connectivity index (χ2n) is 4.94. The van der Waals surface area contributed by atoms with E-state index in [1.54, 1.807) is 6.07 Å². The van der Waals surface area contributed by atoms with E-state index >= 15 is 0 Å². The van der Waals surface area contributed by atoms with Gasteiger partial charge in [-0.3, -0.25) is 0 Å². The fourth-order valence-electron chi connectivity index (χ4n) is 2.26. The minimum atomic E-state index is -0.360. The highest BCUT2D eigenvalue weighted by Crippen LogP contribution is 2.34. The van der Waals surface area contributed by atoms with Crippen molar-refractivity contribution in [1.82, 2.24) is 0 Å². The molecule has 1 aliphatic rings. The zero-order valence-corrected chi connectivity index (χ0v) is 11.3. The van der Waals surface area contributed by atoms with Crippen molar-refractivity contribution in [2.75, 3.05) is 4.90 Å². The molecule has 0 N–H and O–H groups in total. The van der Waals surface area contributed by atoms with E-state index in [0.29, 0.717) is 6.04 Å². The van der Waals surface area contributed by atoms with Gasteiger partial charge in [0.05, 0.1) is 5.02 Å². The summed E-state index contributed by atoms with van der Waals surface area (Å²) in [5.41, 5.74) is 2.26. The number of nitrogens with zero attached hydrogens (tertiary/aromatic N) is 1. The van der Waals surface area contributed by atoms with E-state index in [1.807, 2.05) is 24.3 Å². The molecule has 0 heterocycles. The van der Waals surface area contributed by atoms with Gasteiger partial charge in [-0.1, -0.05) is 41.9 Å². The van der Waals surface area contributed by atoms with E-state index in [4.69, 9.17) is 11.6 Å². The predicted molar refractivity (Wildman–Crippen MR) is 77.1 cm³/mol. The van der Waals surface area contributed by atoms with Crippen molar-refractivity contribution < 1.29 is 4.39 Å². The minimum absolute atomic E-state index is 0.191. The average Bonchev–Trinajstić information content (AvgIpc) is 3.25. The molecule has 3 heteroatoms. The molecule has 2 aromatic rings. The highest BCUT2D eigenvalue weighted by molar-refractivity contribution is 6.31. The van der Waals surface area contributed by atoms with E-state index in [9.17, 15) is 4.39 Å². The second kappa shape index (κ2) is 5.22. The van der Waals surface area contributed by atoms with Crippen LogP contribution in [0.15, 0.2) is 48.5 Å². The normalized spacial score (nSPS) is 14.4. The highest BCUT2D eigenvalue weighted by atomic mass is 35.5. The van der Waals surface area contributed by atoms with Crippen LogP contribution in [0.2, 0.25) is 5.02 Å². The quantitative estimate of drug-likeness (QED) is 0.785. The second-order valence-corrected chi connectivity index (χ2v) is 5.35. The van der Waals surface area contributed by atoms with E-state index in [-0.39, 0.29) is 10.8 Å². The summed E-state index contributed by atoms with van der Waals surface area (Å²) in [5.74, 6) is -0.360. The topological polar surface area (TPSA) is 3.24 Å². The largest absolute Gasteiger partial charge is 0.364 e. The summed E-state index contributed by atoms with van der Waals surface area (Å²) in [4.78, 5) is 2.31. The zero-order valence-electron chi connectivity index (χ0n) is 10.5. The van der Waals surface area contributed by atoms with Crippen LogP contribution in [0.25, 0.3) is 0 Å². The molecule has 98 valence electrons. The number of hydrogen-bond donors (Lipinski definition) is 0. The summed E-state index contributed by atoms with van der Waals surface area (Å²) in [5, 5.41) is 0.191. The Morgan fingerprint density at radius 1 is 1.11 bits per heavy atom. The molecule has 19 heavy (non-hydrogen) atoms. The molecule has 1 aliphatic carbocycles. The first kappa shape index (κ1) is 12.5. The molecule has 1 fully saturated rings. The maximum Gasteiger partial charge on any atom is 0.141 e. The molecular formula is C16H15ClFN. The molecule has 3 rings (SSSR count). The molecule has 0 saturated heterocycles. The van der Waals surface area contributed by atoms with Gasteiger partial charge in [0.25, 0.3) is 0 Å². The van der Waals surface area contributed by atoms with Gasteiger partial charge in [0, 0.05) is 18.3 Å². The smallest absolute Gasteiger partial charge is 0.141 e. The predicted octanol–water partition coefficient (Wildman–Crippen LogP) is 4.65. The lowest BCUT2D eigenvalue weighted by Crippen LogP contribution is -2.24. The van der Waals surface area contributed by atoms with E-state index in [1.165, 1.54) is 24.5 Å². The van der Waals surface area contributed by atoms with Gasteiger partial charge >= 0.3 is 0 Å². The van der Waals surface area contributed by atoms with Crippen molar-refractivity contribution in [1.29, 1.82) is 0 Å². The summed E-state index contributed by atoms with van der Waals surface area (Å²) in [7, 11) is 0. The monoisotopic (exact) mass is 275 g/mol. The van der Waals surface area contributed by atoms with Gasteiger partial charge < -0.3 is 4.90 Å². The Morgan fingerprint density at radius 2 is 1.84 bits per heavy atom. The van der Waals surface area contributed by atoms with Crippen LogP contribution >= 0.6 is 11.6 Å². The number of rotatable bonds is 4. The van der Waals surface area contributed by atoms with Gasteiger partial charge in [0.1, 0.15) is 5.82 Å². The Balaban J connectivity index is 1.86. The minimum Gasteiger partial charge on any atom is -0.364 e. The van der Waals surface area contributed by atoms with Crippen LogP contribution in [0, 0.1) is 5.82 Å². The standard InChI is InChI=1S/C16H15ClFN/c17-15-10-14(8-9-16(15)18)19(13-6-7-13)11-12-4-2-1-3-5-12/h1-5,8-10,13H,6-7,11H2. The van der Waals surface area contributed by atoms with E-state index < -0.39 is 0 Å².